The van der Waals surface area contributed by atoms with Crippen LogP contribution < -0.4 is 0 Å². The Morgan fingerprint density at radius 2 is 1.58 bits per heavy atom. The van der Waals surface area contributed by atoms with Gasteiger partial charge in [0.15, 0.2) is 0 Å². The molecule has 1 saturated heterocycles. The summed E-state index contributed by atoms with van der Waals surface area (Å²) in [6, 6.07) is 8.35. The van der Waals surface area contributed by atoms with Crippen molar-refractivity contribution in [3.8, 4) is 0 Å². The Balaban J connectivity index is 1.53. The monoisotopic (exact) mass is 359 g/mol. The maximum Gasteiger partial charge on any atom is 0.312 e. The summed E-state index contributed by atoms with van der Waals surface area (Å²) < 4.78 is 0. The molecule has 0 bridgehead atoms. The van der Waals surface area contributed by atoms with Crippen LogP contribution in [0.3, 0.4) is 0 Å². The fourth-order valence-electron chi connectivity index (χ4n) is 4.14. The van der Waals surface area contributed by atoms with Gasteiger partial charge in [-0.15, -0.1) is 0 Å². The summed E-state index contributed by atoms with van der Waals surface area (Å²) in [6.45, 7) is 4.30. The highest BCUT2D eigenvalue weighted by Crippen LogP contribution is 2.68. The minimum Gasteiger partial charge on any atom is -0.481 e. The van der Waals surface area contributed by atoms with E-state index in [2.05, 4.69) is 38.1 Å². The van der Waals surface area contributed by atoms with Crippen LogP contribution in [0, 0.1) is 10.8 Å². The van der Waals surface area contributed by atoms with E-state index in [1.165, 1.54) is 10.5 Å². The predicted octanol–water partition coefficient (Wildman–Crippen LogP) is 2.52. The lowest BCUT2D eigenvalue weighted by atomic mass is 9.97. The molecule has 2 N–H and O–H groups in total. The summed E-state index contributed by atoms with van der Waals surface area (Å²) in [6.07, 6.45) is 1.86. The zero-order chi connectivity index (χ0) is 19.1. The first-order chi connectivity index (χ1) is 12.2. The molecule has 0 aromatic heterocycles. The van der Waals surface area contributed by atoms with Crippen molar-refractivity contribution in [3.63, 3.8) is 0 Å². The van der Waals surface area contributed by atoms with Gasteiger partial charge in [0.1, 0.15) is 10.8 Å². The van der Waals surface area contributed by atoms with Gasteiger partial charge in [-0.3, -0.25) is 14.4 Å². The molecule has 1 aliphatic heterocycles. The lowest BCUT2D eigenvalue weighted by Gasteiger charge is -2.20. The third-order valence-corrected chi connectivity index (χ3v) is 5.99. The number of rotatable bonds is 7. The van der Waals surface area contributed by atoms with Gasteiger partial charge in [0.2, 0.25) is 5.91 Å². The fourth-order valence-corrected chi connectivity index (χ4v) is 4.14. The van der Waals surface area contributed by atoms with Gasteiger partial charge < -0.3 is 15.1 Å². The number of likely N-dealkylation sites (tertiary alicyclic amines) is 1. The lowest BCUT2D eigenvalue weighted by Crippen LogP contribution is -2.34. The maximum atomic E-state index is 12.4. The number of hydrogen-bond acceptors (Lipinski definition) is 3. The highest BCUT2D eigenvalue weighted by molar-refractivity contribution is 5.96. The summed E-state index contributed by atoms with van der Waals surface area (Å²) in [5.41, 5.74) is -0.142. The molecule has 2 aliphatic rings. The number of aliphatic carboxylic acids is 2. The van der Waals surface area contributed by atoms with Crippen molar-refractivity contribution in [1.82, 2.24) is 4.90 Å². The van der Waals surface area contributed by atoms with Crippen molar-refractivity contribution in [2.45, 2.75) is 45.4 Å². The van der Waals surface area contributed by atoms with Gasteiger partial charge in [-0.25, -0.2) is 0 Å². The van der Waals surface area contributed by atoms with E-state index in [9.17, 15) is 24.6 Å². The predicted molar refractivity (Wildman–Crippen MR) is 94.8 cm³/mol. The number of amides is 1. The summed E-state index contributed by atoms with van der Waals surface area (Å²) in [4.78, 5) is 36.9. The second kappa shape index (κ2) is 6.41. The number of benzene rings is 1. The Labute approximate surface area is 152 Å². The van der Waals surface area contributed by atoms with E-state index in [0.717, 1.165) is 12.0 Å². The van der Waals surface area contributed by atoms with Crippen molar-refractivity contribution in [2.75, 3.05) is 13.1 Å². The van der Waals surface area contributed by atoms with Gasteiger partial charge in [-0.1, -0.05) is 38.1 Å². The summed E-state index contributed by atoms with van der Waals surface area (Å²) >= 11 is 0. The summed E-state index contributed by atoms with van der Waals surface area (Å²) in [7, 11) is 0. The third kappa shape index (κ3) is 2.87. The second-order valence-electron chi connectivity index (χ2n) is 7.95. The number of piperidine rings is 1. The largest absolute Gasteiger partial charge is 0.481 e. The third-order valence-electron chi connectivity index (χ3n) is 5.99. The Morgan fingerprint density at radius 1 is 1.04 bits per heavy atom. The van der Waals surface area contributed by atoms with Crippen molar-refractivity contribution in [1.29, 1.82) is 0 Å². The highest BCUT2D eigenvalue weighted by Gasteiger charge is 2.81. The zero-order valence-electron chi connectivity index (χ0n) is 15.2. The normalized spacial score (nSPS) is 26.7. The maximum absolute atomic E-state index is 12.4. The van der Waals surface area contributed by atoms with Crippen LogP contribution in [0.25, 0.3) is 0 Å². The molecule has 1 aliphatic carbocycles. The molecule has 1 amide bonds. The summed E-state index contributed by atoms with van der Waals surface area (Å²) in [5, 5.41) is 18.8. The molecule has 26 heavy (non-hydrogen) atoms. The Morgan fingerprint density at radius 3 is 2.04 bits per heavy atom. The van der Waals surface area contributed by atoms with E-state index in [1.807, 2.05) is 0 Å². The number of carbonyl (C=O) groups excluding carboxylic acids is 1. The molecule has 1 heterocycles. The number of carboxylic acid groups (broad SMARTS) is 2. The molecular formula is C20H25NO5. The van der Waals surface area contributed by atoms with Crippen LogP contribution in [-0.4, -0.2) is 46.0 Å². The molecule has 1 aromatic carbocycles. The number of nitrogens with zero attached hydrogens (tertiary/aromatic N) is 1. The molecular weight excluding hydrogens is 334 g/mol. The minimum absolute atomic E-state index is 0.0105. The topological polar surface area (TPSA) is 94.9 Å². The molecule has 3 rings (SSSR count). The lowest BCUT2D eigenvalue weighted by molar-refractivity contribution is -0.151. The Hall–Kier alpha value is -2.37. The van der Waals surface area contributed by atoms with Crippen LogP contribution in [-0.2, 0) is 20.8 Å². The Bertz CT molecular complexity index is 713. The van der Waals surface area contributed by atoms with Crippen LogP contribution in [0.5, 0.6) is 0 Å². The van der Waals surface area contributed by atoms with Gasteiger partial charge >= 0.3 is 11.9 Å². The van der Waals surface area contributed by atoms with Crippen LogP contribution >= 0.6 is 0 Å². The summed E-state index contributed by atoms with van der Waals surface area (Å²) in [5.74, 6) is -1.89. The standard InChI is InChI=1S/C20H25NO5/c1-13(2)15-8-6-14(7-9-15)4-3-5-16(22)21-11-19(17(23)24)10-20(19,12-21)18(25)26/h6-9,13H,3-5,10-12H2,1-2H3,(H,23,24)(H,25,26)/t19-,20+. The number of aryl methyl sites for hydroxylation is 1. The van der Waals surface area contributed by atoms with Gasteiger partial charge in [-0.05, 0) is 36.3 Å². The van der Waals surface area contributed by atoms with Crippen LogP contribution in [0.2, 0.25) is 0 Å². The van der Waals surface area contributed by atoms with Gasteiger partial charge in [0.25, 0.3) is 0 Å². The number of carboxylic acids is 2. The van der Waals surface area contributed by atoms with Crippen molar-refractivity contribution < 1.29 is 24.6 Å². The number of fused-ring (bicyclic) bond motifs is 1. The smallest absolute Gasteiger partial charge is 0.312 e. The molecule has 0 spiro atoms. The molecule has 0 unspecified atom stereocenters. The van der Waals surface area contributed by atoms with Gasteiger partial charge in [0.05, 0.1) is 0 Å². The molecule has 1 saturated carbocycles. The first-order valence-electron chi connectivity index (χ1n) is 9.05. The van der Waals surface area contributed by atoms with Crippen LogP contribution in [0.1, 0.15) is 50.2 Å². The van der Waals surface area contributed by atoms with Crippen molar-refractivity contribution in [3.05, 3.63) is 35.4 Å². The van der Waals surface area contributed by atoms with Crippen molar-refractivity contribution in [2.24, 2.45) is 10.8 Å². The molecule has 0 radical (unpaired) electrons. The fraction of sp³-hybridized carbons (Fsp3) is 0.550. The van der Waals surface area contributed by atoms with E-state index in [4.69, 9.17) is 0 Å². The van der Waals surface area contributed by atoms with Crippen LogP contribution in [0.4, 0.5) is 0 Å². The first kappa shape index (κ1) is 18.4. The number of hydrogen-bond donors (Lipinski definition) is 2. The Kier molecular flexibility index (Phi) is 4.54. The molecule has 2 atom stereocenters. The minimum atomic E-state index is -1.29. The average Bonchev–Trinajstić information content (AvgIpc) is 3.13. The average molecular weight is 359 g/mol. The van der Waals surface area contributed by atoms with Gasteiger partial charge in [0, 0.05) is 19.5 Å². The SMILES string of the molecule is CC(C)c1ccc(CCCC(=O)N2C[C@@]3(C(=O)O)C[C@@]3(C(=O)O)C2)cc1. The van der Waals surface area contributed by atoms with Crippen LogP contribution in [0.15, 0.2) is 24.3 Å². The van der Waals surface area contributed by atoms with Crippen molar-refractivity contribution >= 4 is 17.8 Å². The van der Waals surface area contributed by atoms with E-state index in [0.29, 0.717) is 18.8 Å². The highest BCUT2D eigenvalue weighted by atomic mass is 16.4. The first-order valence-corrected chi connectivity index (χ1v) is 9.05. The van der Waals surface area contributed by atoms with E-state index < -0.39 is 22.8 Å². The van der Waals surface area contributed by atoms with E-state index in [1.54, 1.807) is 0 Å². The van der Waals surface area contributed by atoms with Gasteiger partial charge in [-0.2, -0.15) is 0 Å². The molecule has 6 nitrogen and oxygen atoms in total. The van der Waals surface area contributed by atoms with E-state index in [-0.39, 0.29) is 25.4 Å². The molecule has 1 aromatic rings. The second-order valence-corrected chi connectivity index (χ2v) is 7.95. The number of carbonyl (C=O) groups is 3. The zero-order valence-corrected chi connectivity index (χ0v) is 15.2. The molecule has 6 heteroatoms. The molecule has 140 valence electrons. The van der Waals surface area contributed by atoms with E-state index >= 15 is 0 Å². The quantitative estimate of drug-likeness (QED) is 0.780. The molecule has 2 fully saturated rings.